The van der Waals surface area contributed by atoms with E-state index < -0.39 is 0 Å². The average Bonchev–Trinajstić information content (AvgIpc) is 2.85. The van der Waals surface area contributed by atoms with E-state index in [2.05, 4.69) is 101 Å². The Balaban J connectivity index is 1.36. The van der Waals surface area contributed by atoms with Crippen molar-refractivity contribution in [3.05, 3.63) is 95.6 Å². The number of hydrogen-bond acceptors (Lipinski definition) is 4. The molecule has 3 aromatic rings. The normalized spacial score (nSPS) is 21.5. The number of ether oxygens (including phenoxy) is 1. The molecule has 2 aliphatic rings. The molecule has 0 bridgehead atoms. The molecule has 0 spiro atoms. The van der Waals surface area contributed by atoms with Crippen molar-refractivity contribution in [2.45, 2.75) is 18.4 Å². The minimum absolute atomic E-state index is 0.287. The van der Waals surface area contributed by atoms with Gasteiger partial charge < -0.3 is 15.0 Å². The van der Waals surface area contributed by atoms with E-state index >= 15 is 0 Å². The fourth-order valence-corrected chi connectivity index (χ4v) is 5.00. The number of rotatable bonds is 6. The number of piperazine rings is 1. The first kappa shape index (κ1) is 21.0. The van der Waals surface area contributed by atoms with Gasteiger partial charge in [0.25, 0.3) is 0 Å². The molecule has 0 amide bonds. The topological polar surface area (TPSA) is 27.7 Å². The second-order valence-corrected chi connectivity index (χ2v) is 9.01. The Labute approximate surface area is 191 Å². The lowest BCUT2D eigenvalue weighted by atomic mass is 9.80. The van der Waals surface area contributed by atoms with Crippen LogP contribution in [-0.4, -0.2) is 56.2 Å². The Morgan fingerprint density at radius 2 is 1.50 bits per heavy atom. The minimum atomic E-state index is 0.287. The Hall–Kier alpha value is -2.82. The highest BCUT2D eigenvalue weighted by Crippen LogP contribution is 2.45. The molecular formula is C28H33N3O. The summed E-state index contributed by atoms with van der Waals surface area (Å²) in [6, 6.07) is 28.4. The van der Waals surface area contributed by atoms with Crippen LogP contribution in [0.3, 0.4) is 0 Å². The van der Waals surface area contributed by atoms with Crippen molar-refractivity contribution in [3.63, 3.8) is 0 Å². The standard InChI is InChI=1S/C28H33N3O/c1-30-15-17-31(18-16-30)19-20-32-28-14-8-6-12-24(28)25-21-27(22-9-3-2-4-10-22)29-26-13-7-5-11-23(25)26/h2-14,25,27,29H,15-21H2,1H3. The molecule has 0 aliphatic carbocycles. The van der Waals surface area contributed by atoms with Crippen molar-refractivity contribution in [3.8, 4) is 5.75 Å². The van der Waals surface area contributed by atoms with Crippen molar-refractivity contribution < 1.29 is 4.74 Å². The largest absolute Gasteiger partial charge is 0.492 e. The van der Waals surface area contributed by atoms with Crippen LogP contribution in [0, 0.1) is 0 Å². The molecule has 5 rings (SSSR count). The van der Waals surface area contributed by atoms with Crippen molar-refractivity contribution in [2.24, 2.45) is 0 Å². The molecule has 2 heterocycles. The van der Waals surface area contributed by atoms with E-state index in [1.165, 1.54) is 22.4 Å². The van der Waals surface area contributed by atoms with Gasteiger partial charge in [-0.3, -0.25) is 4.90 Å². The van der Waals surface area contributed by atoms with Crippen molar-refractivity contribution in [2.75, 3.05) is 51.7 Å². The maximum Gasteiger partial charge on any atom is 0.123 e. The smallest absolute Gasteiger partial charge is 0.123 e. The van der Waals surface area contributed by atoms with E-state index in [-0.39, 0.29) is 6.04 Å². The highest BCUT2D eigenvalue weighted by atomic mass is 16.5. The fraction of sp³-hybridized carbons (Fsp3) is 0.357. The van der Waals surface area contributed by atoms with Crippen LogP contribution in [0.15, 0.2) is 78.9 Å². The van der Waals surface area contributed by atoms with Crippen LogP contribution in [0.25, 0.3) is 0 Å². The second kappa shape index (κ2) is 9.76. The highest BCUT2D eigenvalue weighted by molar-refractivity contribution is 5.60. The zero-order chi connectivity index (χ0) is 21.8. The number of para-hydroxylation sites is 2. The Morgan fingerprint density at radius 1 is 0.812 bits per heavy atom. The van der Waals surface area contributed by atoms with E-state index in [9.17, 15) is 0 Å². The van der Waals surface area contributed by atoms with Crippen molar-refractivity contribution >= 4 is 5.69 Å². The average molecular weight is 428 g/mol. The predicted molar refractivity (Wildman–Crippen MR) is 132 cm³/mol. The molecule has 0 aromatic heterocycles. The van der Waals surface area contributed by atoms with E-state index in [1.54, 1.807) is 0 Å². The van der Waals surface area contributed by atoms with E-state index in [1.807, 2.05) is 0 Å². The number of hydrogen-bond donors (Lipinski definition) is 1. The van der Waals surface area contributed by atoms with Gasteiger partial charge in [-0.1, -0.05) is 66.7 Å². The quantitative estimate of drug-likeness (QED) is 0.599. The molecule has 4 nitrogen and oxygen atoms in total. The Morgan fingerprint density at radius 3 is 2.31 bits per heavy atom. The molecule has 1 fully saturated rings. The van der Waals surface area contributed by atoms with Crippen LogP contribution in [-0.2, 0) is 0 Å². The summed E-state index contributed by atoms with van der Waals surface area (Å²) in [6.07, 6.45) is 1.01. The van der Waals surface area contributed by atoms with Gasteiger partial charge >= 0.3 is 0 Å². The predicted octanol–water partition coefficient (Wildman–Crippen LogP) is 5.00. The molecule has 2 unspecified atom stereocenters. The molecule has 0 saturated carbocycles. The molecule has 2 atom stereocenters. The lowest BCUT2D eigenvalue weighted by molar-refractivity contribution is 0.133. The highest BCUT2D eigenvalue weighted by Gasteiger charge is 2.30. The maximum atomic E-state index is 6.40. The minimum Gasteiger partial charge on any atom is -0.492 e. The third-order valence-corrected chi connectivity index (χ3v) is 6.89. The first-order valence-corrected chi connectivity index (χ1v) is 11.8. The van der Waals surface area contributed by atoms with Gasteiger partial charge in [-0.05, 0) is 36.7 Å². The molecule has 3 aromatic carbocycles. The van der Waals surface area contributed by atoms with Gasteiger partial charge in [0.05, 0.1) is 6.04 Å². The molecule has 1 saturated heterocycles. The van der Waals surface area contributed by atoms with Crippen LogP contribution in [0.5, 0.6) is 5.75 Å². The molecular weight excluding hydrogens is 394 g/mol. The summed E-state index contributed by atoms with van der Waals surface area (Å²) >= 11 is 0. The fourth-order valence-electron chi connectivity index (χ4n) is 5.00. The number of fused-ring (bicyclic) bond motifs is 1. The first-order chi connectivity index (χ1) is 15.8. The number of anilines is 1. The first-order valence-electron chi connectivity index (χ1n) is 11.8. The van der Waals surface area contributed by atoms with Crippen molar-refractivity contribution in [1.82, 2.24) is 9.80 Å². The summed E-state index contributed by atoms with van der Waals surface area (Å²) in [5.41, 5.74) is 5.21. The number of nitrogens with zero attached hydrogens (tertiary/aromatic N) is 2. The maximum absolute atomic E-state index is 6.40. The Kier molecular flexibility index (Phi) is 6.42. The third kappa shape index (κ3) is 4.67. The second-order valence-electron chi connectivity index (χ2n) is 9.01. The molecule has 166 valence electrons. The molecule has 32 heavy (non-hydrogen) atoms. The molecule has 2 aliphatic heterocycles. The van der Waals surface area contributed by atoms with Gasteiger partial charge in [0.2, 0.25) is 0 Å². The lowest BCUT2D eigenvalue weighted by Crippen LogP contribution is -2.45. The third-order valence-electron chi connectivity index (χ3n) is 6.89. The van der Waals surface area contributed by atoms with Gasteiger partial charge in [-0.2, -0.15) is 0 Å². The van der Waals surface area contributed by atoms with Gasteiger partial charge in [-0.25, -0.2) is 0 Å². The summed E-state index contributed by atoms with van der Waals surface area (Å²) in [4.78, 5) is 4.90. The number of likely N-dealkylation sites (N-methyl/N-ethyl adjacent to an activating group) is 1. The van der Waals surface area contributed by atoms with Gasteiger partial charge in [0.1, 0.15) is 12.4 Å². The van der Waals surface area contributed by atoms with E-state index in [4.69, 9.17) is 4.74 Å². The zero-order valence-electron chi connectivity index (χ0n) is 18.9. The summed E-state index contributed by atoms with van der Waals surface area (Å²) < 4.78 is 6.40. The SMILES string of the molecule is CN1CCN(CCOc2ccccc2C2CC(c3ccccc3)Nc3ccccc32)CC1. The van der Waals surface area contributed by atoms with E-state index in [0.717, 1.165) is 51.5 Å². The van der Waals surface area contributed by atoms with Gasteiger partial charge in [-0.15, -0.1) is 0 Å². The molecule has 4 heteroatoms. The van der Waals surface area contributed by atoms with E-state index in [0.29, 0.717) is 5.92 Å². The molecule has 0 radical (unpaired) electrons. The summed E-state index contributed by atoms with van der Waals surface area (Å²) in [7, 11) is 2.20. The van der Waals surface area contributed by atoms with Crippen LogP contribution in [0.1, 0.15) is 35.1 Å². The van der Waals surface area contributed by atoms with Gasteiger partial charge in [0, 0.05) is 49.9 Å². The zero-order valence-corrected chi connectivity index (χ0v) is 18.9. The van der Waals surface area contributed by atoms with Crippen LogP contribution >= 0.6 is 0 Å². The monoisotopic (exact) mass is 427 g/mol. The van der Waals surface area contributed by atoms with Crippen LogP contribution in [0.4, 0.5) is 5.69 Å². The van der Waals surface area contributed by atoms with Crippen LogP contribution < -0.4 is 10.1 Å². The molecule has 1 N–H and O–H groups in total. The lowest BCUT2D eigenvalue weighted by Gasteiger charge is -2.35. The number of benzene rings is 3. The van der Waals surface area contributed by atoms with Gasteiger partial charge in [0.15, 0.2) is 0 Å². The Bertz CT molecular complexity index is 1010. The van der Waals surface area contributed by atoms with Crippen LogP contribution in [0.2, 0.25) is 0 Å². The summed E-state index contributed by atoms with van der Waals surface area (Å²) in [6.45, 7) is 6.25. The summed E-state index contributed by atoms with van der Waals surface area (Å²) in [5.74, 6) is 1.33. The number of nitrogens with one attached hydrogen (secondary N) is 1. The van der Waals surface area contributed by atoms with Crippen molar-refractivity contribution in [1.29, 1.82) is 0 Å². The summed E-state index contributed by atoms with van der Waals surface area (Å²) in [5, 5.41) is 3.77.